The number of aromatic nitrogens is 1. The number of nitrogens with one attached hydrogen (secondary N) is 1. The number of fused-ring (bicyclic) bond motifs is 1. The zero-order valence-electron chi connectivity index (χ0n) is 16.9. The second-order valence-electron chi connectivity index (χ2n) is 6.83. The average molecular weight is 412 g/mol. The number of carbonyl (C=O) groups is 2. The fraction of sp³-hybridized carbons (Fsp3) is 0.0800. The lowest BCUT2D eigenvalue weighted by molar-refractivity contribution is 0.0600. The topological polar surface area (TPSA) is 77.5 Å². The molecule has 154 valence electrons. The zero-order valence-corrected chi connectivity index (χ0v) is 16.9. The Hall–Kier alpha value is -4.19. The van der Waals surface area contributed by atoms with Gasteiger partial charge >= 0.3 is 5.97 Å². The van der Waals surface area contributed by atoms with Gasteiger partial charge in [-0.15, -0.1) is 0 Å². The largest absolute Gasteiger partial charge is 0.487 e. The third-order valence-electron chi connectivity index (χ3n) is 4.72. The molecule has 0 aliphatic carbocycles. The Balaban J connectivity index is 1.35. The summed E-state index contributed by atoms with van der Waals surface area (Å²) in [5.41, 5.74) is 3.25. The Morgan fingerprint density at radius 3 is 2.29 bits per heavy atom. The number of carbonyl (C=O) groups excluding carboxylic acids is 2. The first-order valence-electron chi connectivity index (χ1n) is 9.69. The van der Waals surface area contributed by atoms with E-state index in [4.69, 9.17) is 4.74 Å². The number of pyridine rings is 1. The number of anilines is 1. The highest BCUT2D eigenvalue weighted by molar-refractivity contribution is 6.04. The quantitative estimate of drug-likeness (QED) is 0.458. The normalized spacial score (nSPS) is 10.5. The van der Waals surface area contributed by atoms with Crippen LogP contribution in [0.25, 0.3) is 10.9 Å². The van der Waals surface area contributed by atoms with Gasteiger partial charge in [-0.25, -0.2) is 9.78 Å². The van der Waals surface area contributed by atoms with Crippen LogP contribution in [0.5, 0.6) is 5.75 Å². The summed E-state index contributed by atoms with van der Waals surface area (Å²) in [6, 6.07) is 25.3. The Morgan fingerprint density at radius 2 is 1.55 bits per heavy atom. The molecule has 1 amide bonds. The van der Waals surface area contributed by atoms with E-state index in [1.807, 2.05) is 36.4 Å². The summed E-state index contributed by atoms with van der Waals surface area (Å²) in [5.74, 6) is -0.0325. The molecular formula is C25H20N2O4. The molecule has 31 heavy (non-hydrogen) atoms. The summed E-state index contributed by atoms with van der Waals surface area (Å²) in [5, 5.41) is 3.88. The van der Waals surface area contributed by atoms with Crippen molar-refractivity contribution in [3.05, 3.63) is 102 Å². The second kappa shape index (κ2) is 9.09. The maximum Gasteiger partial charge on any atom is 0.337 e. The van der Waals surface area contributed by atoms with Crippen molar-refractivity contribution in [1.29, 1.82) is 0 Å². The minimum Gasteiger partial charge on any atom is -0.487 e. The molecule has 0 atom stereocenters. The van der Waals surface area contributed by atoms with Crippen molar-refractivity contribution in [2.45, 2.75) is 6.61 Å². The molecule has 0 bridgehead atoms. The van der Waals surface area contributed by atoms with Crippen LogP contribution in [0.1, 0.15) is 26.4 Å². The van der Waals surface area contributed by atoms with E-state index in [9.17, 15) is 9.59 Å². The maximum absolute atomic E-state index is 12.5. The molecule has 1 N–H and O–H groups in total. The smallest absolute Gasteiger partial charge is 0.337 e. The Labute approximate surface area is 179 Å². The molecule has 6 heteroatoms. The minimum atomic E-state index is -0.424. The first-order chi connectivity index (χ1) is 15.1. The predicted octanol–water partition coefficient (Wildman–Crippen LogP) is 4.85. The molecule has 0 aliphatic heterocycles. The number of ether oxygens (including phenoxy) is 2. The monoisotopic (exact) mass is 412 g/mol. The lowest BCUT2D eigenvalue weighted by Crippen LogP contribution is -2.12. The van der Waals surface area contributed by atoms with Crippen LogP contribution in [-0.4, -0.2) is 24.0 Å². The Morgan fingerprint density at radius 1 is 0.839 bits per heavy atom. The van der Waals surface area contributed by atoms with Crippen LogP contribution in [0.2, 0.25) is 0 Å². The number of nitrogens with zero attached hydrogens (tertiary/aromatic N) is 1. The van der Waals surface area contributed by atoms with Crippen molar-refractivity contribution in [3.8, 4) is 5.75 Å². The highest BCUT2D eigenvalue weighted by Crippen LogP contribution is 2.17. The van der Waals surface area contributed by atoms with Crippen molar-refractivity contribution in [3.63, 3.8) is 0 Å². The molecule has 6 nitrogen and oxygen atoms in total. The standard InChI is InChI=1S/C25H20N2O4/c1-30-25(29)19-7-11-20(12-8-19)27-24(28)18-9-14-22(15-10-18)31-16-21-13-6-17-4-2-3-5-23(17)26-21/h2-15H,16H2,1H3,(H,27,28). The second-order valence-corrected chi connectivity index (χ2v) is 6.83. The van der Waals surface area contributed by atoms with E-state index >= 15 is 0 Å². The number of esters is 1. The summed E-state index contributed by atoms with van der Waals surface area (Å²) in [6.45, 7) is 0.336. The van der Waals surface area contributed by atoms with Gasteiger partial charge in [0.25, 0.3) is 5.91 Å². The highest BCUT2D eigenvalue weighted by Gasteiger charge is 2.09. The average Bonchev–Trinajstić information content (AvgIpc) is 2.83. The number of rotatable bonds is 6. The number of hydrogen-bond acceptors (Lipinski definition) is 5. The molecular weight excluding hydrogens is 392 g/mol. The molecule has 0 unspecified atom stereocenters. The van der Waals surface area contributed by atoms with E-state index in [1.54, 1.807) is 48.5 Å². The molecule has 1 heterocycles. The molecule has 0 fully saturated rings. The van der Waals surface area contributed by atoms with Gasteiger partial charge in [-0.1, -0.05) is 24.3 Å². The van der Waals surface area contributed by atoms with Crippen LogP contribution in [0.4, 0.5) is 5.69 Å². The lowest BCUT2D eigenvalue weighted by atomic mass is 10.1. The Kier molecular flexibility index (Phi) is 5.89. The molecule has 1 aromatic heterocycles. The van der Waals surface area contributed by atoms with Crippen molar-refractivity contribution in [1.82, 2.24) is 4.98 Å². The van der Waals surface area contributed by atoms with E-state index < -0.39 is 5.97 Å². The third kappa shape index (κ3) is 4.87. The molecule has 0 saturated carbocycles. The summed E-state index contributed by atoms with van der Waals surface area (Å²) >= 11 is 0. The van der Waals surface area contributed by atoms with Gasteiger partial charge in [0, 0.05) is 16.6 Å². The van der Waals surface area contributed by atoms with Crippen LogP contribution < -0.4 is 10.1 Å². The number of para-hydroxylation sites is 1. The molecule has 0 aliphatic rings. The van der Waals surface area contributed by atoms with Gasteiger partial charge in [0.15, 0.2) is 0 Å². The van der Waals surface area contributed by atoms with E-state index in [2.05, 4.69) is 15.0 Å². The molecule has 4 rings (SSSR count). The first-order valence-corrected chi connectivity index (χ1v) is 9.69. The fourth-order valence-electron chi connectivity index (χ4n) is 3.06. The zero-order chi connectivity index (χ0) is 21.6. The molecule has 3 aromatic carbocycles. The first kappa shape index (κ1) is 20.1. The third-order valence-corrected chi connectivity index (χ3v) is 4.72. The van der Waals surface area contributed by atoms with Gasteiger partial charge in [0.1, 0.15) is 12.4 Å². The predicted molar refractivity (Wildman–Crippen MR) is 118 cm³/mol. The van der Waals surface area contributed by atoms with E-state index in [0.717, 1.165) is 16.6 Å². The van der Waals surface area contributed by atoms with Crippen molar-refractivity contribution < 1.29 is 19.1 Å². The number of hydrogen-bond donors (Lipinski definition) is 1. The molecule has 0 saturated heterocycles. The lowest BCUT2D eigenvalue weighted by Gasteiger charge is -2.09. The van der Waals surface area contributed by atoms with E-state index in [1.165, 1.54) is 7.11 Å². The van der Waals surface area contributed by atoms with Crippen LogP contribution in [0, 0.1) is 0 Å². The summed E-state index contributed by atoms with van der Waals surface area (Å²) in [6.07, 6.45) is 0. The summed E-state index contributed by atoms with van der Waals surface area (Å²) in [4.78, 5) is 28.5. The van der Waals surface area contributed by atoms with Crippen molar-refractivity contribution in [2.75, 3.05) is 12.4 Å². The van der Waals surface area contributed by atoms with E-state index in [0.29, 0.717) is 29.2 Å². The SMILES string of the molecule is COC(=O)c1ccc(NC(=O)c2ccc(OCc3ccc4ccccc4n3)cc2)cc1. The maximum atomic E-state index is 12.5. The number of methoxy groups -OCH3 is 1. The van der Waals surface area contributed by atoms with Gasteiger partial charge in [0.2, 0.25) is 0 Å². The molecule has 0 radical (unpaired) electrons. The number of benzene rings is 3. The van der Waals surface area contributed by atoms with Gasteiger partial charge in [0.05, 0.1) is 23.9 Å². The van der Waals surface area contributed by atoms with Crippen molar-refractivity contribution >= 4 is 28.5 Å². The fourth-order valence-corrected chi connectivity index (χ4v) is 3.06. The van der Waals surface area contributed by atoms with Crippen molar-refractivity contribution in [2.24, 2.45) is 0 Å². The van der Waals surface area contributed by atoms with Crippen LogP contribution >= 0.6 is 0 Å². The number of amides is 1. The summed E-state index contributed by atoms with van der Waals surface area (Å²) in [7, 11) is 1.32. The van der Waals surface area contributed by atoms with Gasteiger partial charge in [-0.05, 0) is 60.7 Å². The molecule has 4 aromatic rings. The highest BCUT2D eigenvalue weighted by atomic mass is 16.5. The van der Waals surface area contributed by atoms with Crippen LogP contribution in [0.15, 0.2) is 84.9 Å². The molecule has 0 spiro atoms. The minimum absolute atomic E-state index is 0.256. The van der Waals surface area contributed by atoms with Gasteiger partial charge in [-0.3, -0.25) is 4.79 Å². The van der Waals surface area contributed by atoms with Gasteiger partial charge in [-0.2, -0.15) is 0 Å². The Bertz CT molecular complexity index is 1220. The van der Waals surface area contributed by atoms with Gasteiger partial charge < -0.3 is 14.8 Å². The van der Waals surface area contributed by atoms with Crippen LogP contribution in [0.3, 0.4) is 0 Å². The van der Waals surface area contributed by atoms with Crippen LogP contribution in [-0.2, 0) is 11.3 Å². The summed E-state index contributed by atoms with van der Waals surface area (Å²) < 4.78 is 10.5. The van der Waals surface area contributed by atoms with E-state index in [-0.39, 0.29) is 5.91 Å².